The fraction of sp³-hybridized carbons (Fsp3) is 0.500. The first-order valence-electron chi connectivity index (χ1n) is 9.43. The molecule has 2 bridgehead atoms. The summed E-state index contributed by atoms with van der Waals surface area (Å²) in [7, 11) is 0. The molecule has 3 N–H and O–H groups in total. The summed E-state index contributed by atoms with van der Waals surface area (Å²) in [5, 5.41) is 15.0. The van der Waals surface area contributed by atoms with E-state index in [0.717, 1.165) is 37.1 Å². The number of hydrogen-bond acceptors (Lipinski definition) is 9. The smallest absolute Gasteiger partial charge is 0.228 e. The molecule has 2 fully saturated rings. The summed E-state index contributed by atoms with van der Waals surface area (Å²) < 4.78 is 7.53. The number of hydrogen-bond donors (Lipinski definition) is 2. The van der Waals surface area contributed by atoms with E-state index in [9.17, 15) is 5.11 Å². The highest BCUT2D eigenvalue weighted by atomic mass is 16.5. The quantitative estimate of drug-likeness (QED) is 0.661. The van der Waals surface area contributed by atoms with Crippen molar-refractivity contribution in [3.05, 3.63) is 18.6 Å². The van der Waals surface area contributed by atoms with Crippen molar-refractivity contribution in [3.8, 4) is 11.3 Å². The summed E-state index contributed by atoms with van der Waals surface area (Å²) in [5.74, 6) is 1.35. The summed E-state index contributed by atoms with van der Waals surface area (Å²) in [6.45, 7) is 4.51. The van der Waals surface area contributed by atoms with Crippen LogP contribution in [0.15, 0.2) is 18.6 Å². The molecule has 3 aromatic rings. The molecule has 0 radical (unpaired) electrons. The topological polar surface area (TPSA) is 128 Å². The fourth-order valence-electron chi connectivity index (χ4n) is 3.98. The van der Waals surface area contributed by atoms with Gasteiger partial charge in [0, 0.05) is 37.0 Å². The molecule has 5 rings (SSSR count). The lowest BCUT2D eigenvalue weighted by Crippen LogP contribution is -2.40. The Morgan fingerprint density at radius 2 is 2.07 bits per heavy atom. The third-order valence-corrected chi connectivity index (χ3v) is 5.22. The van der Waals surface area contributed by atoms with Crippen LogP contribution in [0.2, 0.25) is 0 Å². The van der Waals surface area contributed by atoms with Crippen LogP contribution in [0.3, 0.4) is 0 Å². The number of fused-ring (bicyclic) bond motifs is 3. The zero-order valence-corrected chi connectivity index (χ0v) is 15.6. The zero-order chi connectivity index (χ0) is 19.3. The van der Waals surface area contributed by atoms with Gasteiger partial charge in [0.25, 0.3) is 0 Å². The second-order valence-corrected chi connectivity index (χ2v) is 7.58. The fourth-order valence-corrected chi connectivity index (χ4v) is 3.98. The molecule has 0 amide bonds. The normalized spacial score (nSPS) is 22.7. The molecule has 10 nitrogen and oxygen atoms in total. The van der Waals surface area contributed by atoms with Gasteiger partial charge in [-0.3, -0.25) is 0 Å². The lowest BCUT2D eigenvalue weighted by atomic mass is 10.0. The number of aromatic nitrogens is 6. The van der Waals surface area contributed by atoms with Crippen LogP contribution in [-0.2, 0) is 11.3 Å². The second-order valence-electron chi connectivity index (χ2n) is 7.58. The minimum Gasteiger partial charge on any atom is -0.391 e. The van der Waals surface area contributed by atoms with E-state index in [1.165, 1.54) is 0 Å². The van der Waals surface area contributed by atoms with E-state index in [1.807, 2.05) is 0 Å². The summed E-state index contributed by atoms with van der Waals surface area (Å²) in [6, 6.07) is 0. The van der Waals surface area contributed by atoms with Crippen LogP contribution in [0.5, 0.6) is 0 Å². The lowest BCUT2D eigenvalue weighted by Gasteiger charge is -2.30. The molecule has 2 saturated heterocycles. The van der Waals surface area contributed by atoms with E-state index in [0.29, 0.717) is 29.8 Å². The van der Waals surface area contributed by atoms with E-state index in [2.05, 4.69) is 20.0 Å². The predicted octanol–water partition coefficient (Wildman–Crippen LogP) is 0.471. The second kappa shape index (κ2) is 6.64. The van der Waals surface area contributed by atoms with Crippen molar-refractivity contribution in [1.29, 1.82) is 0 Å². The number of rotatable bonds is 4. The van der Waals surface area contributed by atoms with Gasteiger partial charge in [-0.1, -0.05) is 0 Å². The van der Waals surface area contributed by atoms with Crippen molar-refractivity contribution in [2.24, 2.45) is 5.92 Å². The minimum atomic E-state index is -0.538. The van der Waals surface area contributed by atoms with Gasteiger partial charge in [0.2, 0.25) is 11.9 Å². The molecule has 3 aromatic heterocycles. The summed E-state index contributed by atoms with van der Waals surface area (Å²) in [6.07, 6.45) is 5.81. The van der Waals surface area contributed by atoms with Gasteiger partial charge in [-0.25, -0.2) is 19.6 Å². The SMILES string of the molecule is CC(O)Cn1ncc2c(-c3cnc(N)nc3)nc(N3CC4COC(C4)C3)nc21. The number of piperidine rings is 1. The Morgan fingerprint density at radius 3 is 2.82 bits per heavy atom. The average molecular weight is 382 g/mol. The Balaban J connectivity index is 1.64. The van der Waals surface area contributed by atoms with E-state index in [4.69, 9.17) is 20.4 Å². The first-order valence-corrected chi connectivity index (χ1v) is 9.43. The monoisotopic (exact) mass is 382 g/mol. The van der Waals surface area contributed by atoms with Crippen LogP contribution >= 0.6 is 0 Å². The Labute approximate surface area is 161 Å². The summed E-state index contributed by atoms with van der Waals surface area (Å²) >= 11 is 0. The van der Waals surface area contributed by atoms with Crippen LogP contribution in [-0.4, -0.2) is 66.7 Å². The summed E-state index contributed by atoms with van der Waals surface area (Å²) in [4.78, 5) is 20.0. The van der Waals surface area contributed by atoms with E-state index in [1.54, 1.807) is 30.2 Å². The van der Waals surface area contributed by atoms with Crippen LogP contribution in [0.1, 0.15) is 13.3 Å². The molecule has 2 aliphatic rings. The molecule has 28 heavy (non-hydrogen) atoms. The van der Waals surface area contributed by atoms with E-state index < -0.39 is 6.10 Å². The molecule has 3 unspecified atom stereocenters. The van der Waals surface area contributed by atoms with Crippen LogP contribution in [0.25, 0.3) is 22.3 Å². The van der Waals surface area contributed by atoms with Gasteiger partial charge in [-0.2, -0.15) is 10.1 Å². The number of nitrogen functional groups attached to an aromatic ring is 1. The molecular formula is C18H22N8O2. The maximum absolute atomic E-state index is 9.83. The molecule has 3 atom stereocenters. The Morgan fingerprint density at radius 1 is 1.25 bits per heavy atom. The van der Waals surface area contributed by atoms with Gasteiger partial charge >= 0.3 is 0 Å². The van der Waals surface area contributed by atoms with Gasteiger partial charge in [0.05, 0.1) is 42.6 Å². The Bertz CT molecular complexity index is 991. The van der Waals surface area contributed by atoms with Crippen molar-refractivity contribution in [3.63, 3.8) is 0 Å². The number of ether oxygens (including phenoxy) is 1. The molecule has 146 valence electrons. The predicted molar refractivity (Wildman–Crippen MR) is 103 cm³/mol. The number of anilines is 2. The molecular weight excluding hydrogens is 360 g/mol. The lowest BCUT2D eigenvalue weighted by molar-refractivity contribution is 0.119. The van der Waals surface area contributed by atoms with Crippen molar-refractivity contribution >= 4 is 22.9 Å². The van der Waals surface area contributed by atoms with Crippen molar-refractivity contribution in [2.45, 2.75) is 32.1 Å². The van der Waals surface area contributed by atoms with Gasteiger partial charge in [-0.05, 0) is 13.3 Å². The number of nitrogens with two attached hydrogens (primary N) is 1. The first kappa shape index (κ1) is 17.3. The third-order valence-electron chi connectivity index (χ3n) is 5.22. The van der Waals surface area contributed by atoms with E-state index in [-0.39, 0.29) is 12.1 Å². The van der Waals surface area contributed by atoms with Crippen molar-refractivity contribution in [2.75, 3.05) is 30.3 Å². The van der Waals surface area contributed by atoms with Gasteiger partial charge < -0.3 is 20.5 Å². The highest BCUT2D eigenvalue weighted by molar-refractivity contribution is 5.90. The third kappa shape index (κ3) is 3.04. The van der Waals surface area contributed by atoms with Crippen LogP contribution in [0, 0.1) is 5.92 Å². The average Bonchev–Trinajstić information content (AvgIpc) is 3.23. The number of aliphatic hydroxyl groups is 1. The van der Waals surface area contributed by atoms with Gasteiger partial charge in [0.1, 0.15) is 0 Å². The minimum absolute atomic E-state index is 0.212. The van der Waals surface area contributed by atoms with Crippen molar-refractivity contribution < 1.29 is 9.84 Å². The standard InChI is InChI=1S/C18H22N8O2/c1-10(27)6-26-16-14(5-22-26)15(12-3-20-17(19)21-4-12)23-18(24-16)25-7-11-2-13(8-25)28-9-11/h3-5,10-11,13,27H,2,6-9H2,1H3,(H2,19,20,21). The zero-order valence-electron chi connectivity index (χ0n) is 15.6. The number of aliphatic hydroxyl groups excluding tert-OH is 1. The highest BCUT2D eigenvalue weighted by Gasteiger charge is 2.35. The maximum Gasteiger partial charge on any atom is 0.228 e. The Hall–Kier alpha value is -2.85. The molecule has 0 saturated carbocycles. The van der Waals surface area contributed by atoms with Gasteiger partial charge in [-0.15, -0.1) is 0 Å². The Kier molecular flexibility index (Phi) is 4.09. The largest absolute Gasteiger partial charge is 0.391 e. The number of nitrogens with zero attached hydrogens (tertiary/aromatic N) is 7. The molecule has 2 aliphatic heterocycles. The summed E-state index contributed by atoms with van der Waals surface area (Å²) in [5.41, 5.74) is 7.77. The maximum atomic E-state index is 9.83. The van der Waals surface area contributed by atoms with Crippen LogP contribution in [0.4, 0.5) is 11.9 Å². The van der Waals surface area contributed by atoms with Crippen molar-refractivity contribution in [1.82, 2.24) is 29.7 Å². The highest BCUT2D eigenvalue weighted by Crippen LogP contribution is 2.32. The molecule has 0 spiro atoms. The molecule has 5 heterocycles. The molecule has 0 aliphatic carbocycles. The van der Waals surface area contributed by atoms with E-state index >= 15 is 0 Å². The first-order chi connectivity index (χ1) is 13.6. The molecule has 0 aromatic carbocycles. The molecule has 10 heteroatoms. The van der Waals surface area contributed by atoms with Crippen LogP contribution < -0.4 is 10.6 Å². The van der Waals surface area contributed by atoms with Gasteiger partial charge in [0.15, 0.2) is 5.65 Å².